The van der Waals surface area contributed by atoms with E-state index in [1.807, 2.05) is 12.4 Å². The molecule has 1 N–H and O–H groups in total. The molecular formula is C13H21BrN2. The van der Waals surface area contributed by atoms with Crippen LogP contribution < -0.4 is 5.32 Å². The number of halogens is 1. The van der Waals surface area contributed by atoms with E-state index in [0.717, 1.165) is 24.0 Å². The van der Waals surface area contributed by atoms with Crippen molar-refractivity contribution in [2.75, 3.05) is 13.1 Å². The van der Waals surface area contributed by atoms with Crippen molar-refractivity contribution in [3.8, 4) is 0 Å². The number of hydrogen-bond acceptors (Lipinski definition) is 2. The van der Waals surface area contributed by atoms with Crippen molar-refractivity contribution in [1.29, 1.82) is 0 Å². The summed E-state index contributed by atoms with van der Waals surface area (Å²) in [6.07, 6.45) is 7.34. The van der Waals surface area contributed by atoms with Crippen LogP contribution in [0.15, 0.2) is 22.9 Å². The van der Waals surface area contributed by atoms with Crippen LogP contribution in [0.2, 0.25) is 0 Å². The summed E-state index contributed by atoms with van der Waals surface area (Å²) >= 11 is 3.45. The molecule has 1 rings (SSSR count). The van der Waals surface area contributed by atoms with Gasteiger partial charge in [0.15, 0.2) is 0 Å². The van der Waals surface area contributed by atoms with E-state index in [0.29, 0.717) is 5.92 Å². The Balaban J connectivity index is 2.25. The molecular weight excluding hydrogens is 264 g/mol. The minimum atomic E-state index is 0.709. The third kappa shape index (κ3) is 5.61. The van der Waals surface area contributed by atoms with Crippen molar-refractivity contribution in [2.45, 2.75) is 33.1 Å². The van der Waals surface area contributed by atoms with E-state index in [2.05, 4.69) is 46.1 Å². The average Bonchev–Trinajstić information content (AvgIpc) is 2.24. The molecule has 1 aromatic rings. The van der Waals surface area contributed by atoms with Crippen molar-refractivity contribution in [3.63, 3.8) is 0 Å². The summed E-state index contributed by atoms with van der Waals surface area (Å²) in [7, 11) is 0. The van der Waals surface area contributed by atoms with Crippen molar-refractivity contribution in [1.82, 2.24) is 10.3 Å². The first kappa shape index (κ1) is 13.7. The summed E-state index contributed by atoms with van der Waals surface area (Å²) in [4.78, 5) is 4.18. The van der Waals surface area contributed by atoms with Gasteiger partial charge in [-0.05, 0) is 65.8 Å². The first-order valence-corrected chi connectivity index (χ1v) is 6.81. The van der Waals surface area contributed by atoms with Gasteiger partial charge in [-0.1, -0.05) is 13.8 Å². The number of hydrogen-bond donors (Lipinski definition) is 1. The van der Waals surface area contributed by atoms with Gasteiger partial charge >= 0.3 is 0 Å². The molecule has 0 amide bonds. The van der Waals surface area contributed by atoms with Gasteiger partial charge in [0.05, 0.1) is 0 Å². The number of pyridine rings is 1. The van der Waals surface area contributed by atoms with Crippen molar-refractivity contribution >= 4 is 15.9 Å². The fourth-order valence-corrected chi connectivity index (χ4v) is 2.13. The largest absolute Gasteiger partial charge is 0.317 e. The van der Waals surface area contributed by atoms with Gasteiger partial charge in [-0.25, -0.2) is 0 Å². The van der Waals surface area contributed by atoms with Gasteiger partial charge in [0.2, 0.25) is 0 Å². The van der Waals surface area contributed by atoms with Crippen molar-refractivity contribution in [2.24, 2.45) is 5.92 Å². The van der Waals surface area contributed by atoms with Crippen LogP contribution in [-0.2, 0) is 6.42 Å². The molecule has 0 spiro atoms. The minimum absolute atomic E-state index is 0.709. The van der Waals surface area contributed by atoms with Crippen LogP contribution in [0, 0.1) is 5.92 Å². The Kier molecular flexibility index (Phi) is 6.65. The molecule has 0 aromatic carbocycles. The van der Waals surface area contributed by atoms with E-state index in [9.17, 15) is 0 Å². The van der Waals surface area contributed by atoms with Gasteiger partial charge in [-0.2, -0.15) is 0 Å². The molecule has 1 heterocycles. The first-order chi connectivity index (χ1) is 7.72. The quantitative estimate of drug-likeness (QED) is 0.777. The Morgan fingerprint density at radius 3 is 2.88 bits per heavy atom. The highest BCUT2D eigenvalue weighted by Gasteiger charge is 2.04. The Bertz CT molecular complexity index is 302. The third-order valence-electron chi connectivity index (χ3n) is 2.59. The molecule has 0 aliphatic heterocycles. The Labute approximate surface area is 107 Å². The highest BCUT2D eigenvalue weighted by Crippen LogP contribution is 2.14. The Morgan fingerprint density at radius 2 is 2.19 bits per heavy atom. The summed E-state index contributed by atoms with van der Waals surface area (Å²) in [5.41, 5.74) is 1.32. The maximum atomic E-state index is 4.18. The highest BCUT2D eigenvalue weighted by atomic mass is 79.9. The molecule has 2 nitrogen and oxygen atoms in total. The average molecular weight is 285 g/mol. The van der Waals surface area contributed by atoms with Crippen LogP contribution in [0.5, 0.6) is 0 Å². The lowest BCUT2D eigenvalue weighted by molar-refractivity contribution is 0.498. The standard InChI is InChI=1S/C13H21BrN2/c1-3-5-15-6-4-11(2)7-12-8-13(14)10-16-9-12/h8-11,15H,3-7H2,1-2H3. The van der Waals surface area contributed by atoms with Gasteiger partial charge < -0.3 is 5.32 Å². The summed E-state index contributed by atoms with van der Waals surface area (Å²) < 4.78 is 1.07. The topological polar surface area (TPSA) is 24.9 Å². The molecule has 1 atom stereocenters. The second-order valence-electron chi connectivity index (χ2n) is 4.36. The molecule has 16 heavy (non-hydrogen) atoms. The lowest BCUT2D eigenvalue weighted by Crippen LogP contribution is -2.18. The SMILES string of the molecule is CCCNCCC(C)Cc1cncc(Br)c1. The maximum Gasteiger partial charge on any atom is 0.0410 e. The zero-order chi connectivity index (χ0) is 11.8. The summed E-state index contributed by atoms with van der Waals surface area (Å²) in [6, 6.07) is 2.16. The van der Waals surface area contributed by atoms with E-state index in [4.69, 9.17) is 0 Å². The second-order valence-corrected chi connectivity index (χ2v) is 5.28. The van der Waals surface area contributed by atoms with Crippen LogP contribution in [0.4, 0.5) is 0 Å². The van der Waals surface area contributed by atoms with Gasteiger partial charge in [0.1, 0.15) is 0 Å². The first-order valence-electron chi connectivity index (χ1n) is 6.02. The molecule has 1 unspecified atom stereocenters. The maximum absolute atomic E-state index is 4.18. The van der Waals surface area contributed by atoms with Crippen LogP contribution in [0.1, 0.15) is 32.3 Å². The van der Waals surface area contributed by atoms with Crippen molar-refractivity contribution in [3.05, 3.63) is 28.5 Å². The summed E-state index contributed by atoms with van der Waals surface area (Å²) in [6.45, 7) is 6.75. The minimum Gasteiger partial charge on any atom is -0.317 e. The Hall–Kier alpha value is -0.410. The molecule has 0 saturated heterocycles. The van der Waals surface area contributed by atoms with Crippen LogP contribution >= 0.6 is 15.9 Å². The number of nitrogens with one attached hydrogen (secondary N) is 1. The predicted octanol–water partition coefficient (Wildman–Crippen LogP) is 3.41. The zero-order valence-electron chi connectivity index (χ0n) is 10.2. The molecule has 3 heteroatoms. The summed E-state index contributed by atoms with van der Waals surface area (Å²) in [5.74, 6) is 0.709. The van der Waals surface area contributed by atoms with Gasteiger partial charge in [-0.15, -0.1) is 0 Å². The van der Waals surface area contributed by atoms with Crippen molar-refractivity contribution < 1.29 is 0 Å². The zero-order valence-corrected chi connectivity index (χ0v) is 11.8. The molecule has 0 saturated carbocycles. The molecule has 0 aliphatic rings. The fourth-order valence-electron chi connectivity index (χ4n) is 1.72. The molecule has 0 aliphatic carbocycles. The molecule has 0 radical (unpaired) electrons. The van der Waals surface area contributed by atoms with E-state index in [1.54, 1.807) is 0 Å². The van der Waals surface area contributed by atoms with Crippen LogP contribution in [0.3, 0.4) is 0 Å². The number of aromatic nitrogens is 1. The van der Waals surface area contributed by atoms with Gasteiger partial charge in [0, 0.05) is 16.9 Å². The third-order valence-corrected chi connectivity index (χ3v) is 3.02. The molecule has 1 aromatic heterocycles. The van der Waals surface area contributed by atoms with Gasteiger partial charge in [-0.3, -0.25) is 4.98 Å². The normalized spacial score (nSPS) is 12.7. The molecule has 90 valence electrons. The van der Waals surface area contributed by atoms with Crippen LogP contribution in [0.25, 0.3) is 0 Å². The number of rotatable bonds is 7. The molecule has 0 bridgehead atoms. The lowest BCUT2D eigenvalue weighted by Gasteiger charge is -2.11. The van der Waals surface area contributed by atoms with Crippen LogP contribution in [-0.4, -0.2) is 18.1 Å². The smallest absolute Gasteiger partial charge is 0.0410 e. The lowest BCUT2D eigenvalue weighted by atomic mass is 9.99. The van der Waals surface area contributed by atoms with E-state index in [1.165, 1.54) is 18.4 Å². The fraction of sp³-hybridized carbons (Fsp3) is 0.615. The van der Waals surface area contributed by atoms with E-state index in [-0.39, 0.29) is 0 Å². The molecule has 0 fully saturated rings. The number of nitrogens with zero attached hydrogens (tertiary/aromatic N) is 1. The predicted molar refractivity (Wildman–Crippen MR) is 72.6 cm³/mol. The van der Waals surface area contributed by atoms with E-state index < -0.39 is 0 Å². The van der Waals surface area contributed by atoms with E-state index >= 15 is 0 Å². The monoisotopic (exact) mass is 284 g/mol. The summed E-state index contributed by atoms with van der Waals surface area (Å²) in [5, 5.41) is 3.44. The Morgan fingerprint density at radius 1 is 1.38 bits per heavy atom. The van der Waals surface area contributed by atoms with Gasteiger partial charge in [0.25, 0.3) is 0 Å². The second kappa shape index (κ2) is 7.80. The highest BCUT2D eigenvalue weighted by molar-refractivity contribution is 9.10.